The van der Waals surface area contributed by atoms with Gasteiger partial charge in [0.05, 0.1) is 0 Å². The molecule has 1 aliphatic carbocycles. The van der Waals surface area contributed by atoms with Crippen molar-refractivity contribution in [1.82, 2.24) is 5.32 Å². The molecule has 0 radical (unpaired) electrons. The van der Waals surface area contributed by atoms with Crippen molar-refractivity contribution in [2.24, 2.45) is 0 Å². The predicted octanol–water partition coefficient (Wildman–Crippen LogP) is 3.37. The highest BCUT2D eigenvalue weighted by molar-refractivity contribution is 5.63. The molecule has 0 saturated heterocycles. The van der Waals surface area contributed by atoms with Gasteiger partial charge in [0.15, 0.2) is 0 Å². The van der Waals surface area contributed by atoms with Gasteiger partial charge in [-0.2, -0.15) is 0 Å². The molecule has 1 aliphatic rings. The Morgan fingerprint density at radius 1 is 1.44 bits per heavy atom. The summed E-state index contributed by atoms with van der Waals surface area (Å²) in [5.74, 6) is -0.133. The first-order valence-electron chi connectivity index (χ1n) is 5.92. The summed E-state index contributed by atoms with van der Waals surface area (Å²) in [5, 5.41) is 3.44. The van der Waals surface area contributed by atoms with Gasteiger partial charge in [0, 0.05) is 11.6 Å². The van der Waals surface area contributed by atoms with E-state index in [-0.39, 0.29) is 5.82 Å². The average molecular weight is 219 g/mol. The molecule has 1 aromatic carbocycles. The molecule has 86 valence electrons. The van der Waals surface area contributed by atoms with Crippen molar-refractivity contribution in [2.45, 2.75) is 32.2 Å². The molecule has 1 N–H and O–H groups in total. The molecule has 1 fully saturated rings. The van der Waals surface area contributed by atoms with E-state index in [1.165, 1.54) is 18.9 Å². The van der Waals surface area contributed by atoms with Crippen LogP contribution in [-0.4, -0.2) is 12.6 Å². The lowest BCUT2D eigenvalue weighted by atomic mass is 10.1. The van der Waals surface area contributed by atoms with Gasteiger partial charge in [-0.25, -0.2) is 4.39 Å². The number of rotatable bonds is 5. The number of nitrogens with one attached hydrogen (secondary N) is 1. The van der Waals surface area contributed by atoms with Gasteiger partial charge in [-0.3, -0.25) is 0 Å². The highest BCUT2D eigenvalue weighted by atomic mass is 19.1. The second-order valence-corrected chi connectivity index (χ2v) is 4.38. The van der Waals surface area contributed by atoms with E-state index in [2.05, 4.69) is 11.4 Å². The summed E-state index contributed by atoms with van der Waals surface area (Å²) in [6.07, 6.45) is 5.70. The fourth-order valence-electron chi connectivity index (χ4n) is 1.75. The van der Waals surface area contributed by atoms with Crippen molar-refractivity contribution in [1.29, 1.82) is 0 Å². The number of allylic oxidation sites excluding steroid dienone is 1. The maximum atomic E-state index is 13.4. The minimum Gasteiger partial charge on any atom is -0.314 e. The SMILES string of the molecule is CC(=CCCNC1CC1)c1ccccc1F. The number of benzene rings is 1. The van der Waals surface area contributed by atoms with E-state index in [1.54, 1.807) is 6.07 Å². The van der Waals surface area contributed by atoms with Gasteiger partial charge in [0.2, 0.25) is 0 Å². The van der Waals surface area contributed by atoms with E-state index in [1.807, 2.05) is 19.1 Å². The lowest BCUT2D eigenvalue weighted by molar-refractivity contribution is 0.623. The van der Waals surface area contributed by atoms with Crippen LogP contribution in [0.5, 0.6) is 0 Å². The average Bonchev–Trinajstić information content (AvgIpc) is 3.08. The number of hydrogen-bond donors (Lipinski definition) is 1. The minimum atomic E-state index is -0.133. The Hall–Kier alpha value is -1.15. The molecular formula is C14H18FN. The van der Waals surface area contributed by atoms with Crippen molar-refractivity contribution >= 4 is 5.57 Å². The second-order valence-electron chi connectivity index (χ2n) is 4.38. The van der Waals surface area contributed by atoms with E-state index >= 15 is 0 Å². The van der Waals surface area contributed by atoms with Gasteiger partial charge in [0.25, 0.3) is 0 Å². The molecule has 16 heavy (non-hydrogen) atoms. The largest absolute Gasteiger partial charge is 0.314 e. The Morgan fingerprint density at radius 2 is 2.19 bits per heavy atom. The highest BCUT2D eigenvalue weighted by Crippen LogP contribution is 2.19. The fourth-order valence-corrected chi connectivity index (χ4v) is 1.75. The Balaban J connectivity index is 1.87. The van der Waals surface area contributed by atoms with Gasteiger partial charge in [-0.05, 0) is 44.4 Å². The quantitative estimate of drug-likeness (QED) is 0.749. The smallest absolute Gasteiger partial charge is 0.130 e. The Kier molecular flexibility index (Phi) is 3.73. The molecule has 0 aromatic heterocycles. The van der Waals surface area contributed by atoms with E-state index in [0.29, 0.717) is 5.56 Å². The number of halogens is 1. The van der Waals surface area contributed by atoms with Gasteiger partial charge in [0.1, 0.15) is 5.82 Å². The normalized spacial score (nSPS) is 16.5. The van der Waals surface area contributed by atoms with Crippen LogP contribution in [0.4, 0.5) is 4.39 Å². The van der Waals surface area contributed by atoms with Gasteiger partial charge >= 0.3 is 0 Å². The van der Waals surface area contributed by atoms with E-state index in [0.717, 1.165) is 24.6 Å². The van der Waals surface area contributed by atoms with Crippen molar-refractivity contribution in [3.8, 4) is 0 Å². The van der Waals surface area contributed by atoms with Crippen LogP contribution in [0.1, 0.15) is 31.7 Å². The van der Waals surface area contributed by atoms with Crippen molar-refractivity contribution in [2.75, 3.05) is 6.54 Å². The fraction of sp³-hybridized carbons (Fsp3) is 0.429. The standard InChI is InChI=1S/C14H18FN/c1-11(5-4-10-16-12-8-9-12)13-6-2-3-7-14(13)15/h2-3,5-7,12,16H,4,8-10H2,1H3. The zero-order valence-electron chi connectivity index (χ0n) is 9.67. The first kappa shape index (κ1) is 11.3. The molecule has 0 heterocycles. The first-order chi connectivity index (χ1) is 7.77. The summed E-state index contributed by atoms with van der Waals surface area (Å²) in [5.41, 5.74) is 1.74. The zero-order valence-corrected chi connectivity index (χ0v) is 9.67. The van der Waals surface area contributed by atoms with Crippen LogP contribution in [0.2, 0.25) is 0 Å². The summed E-state index contributed by atoms with van der Waals surface area (Å²) < 4.78 is 13.4. The maximum absolute atomic E-state index is 13.4. The summed E-state index contributed by atoms with van der Waals surface area (Å²) in [4.78, 5) is 0. The van der Waals surface area contributed by atoms with Crippen molar-refractivity contribution in [3.05, 3.63) is 41.7 Å². The minimum absolute atomic E-state index is 0.133. The Bertz CT molecular complexity index is 380. The summed E-state index contributed by atoms with van der Waals surface area (Å²) in [6.45, 7) is 2.96. The third-order valence-corrected chi connectivity index (χ3v) is 2.90. The molecule has 2 heteroatoms. The third-order valence-electron chi connectivity index (χ3n) is 2.90. The molecule has 0 aliphatic heterocycles. The second kappa shape index (κ2) is 5.26. The Labute approximate surface area is 96.4 Å². The first-order valence-corrected chi connectivity index (χ1v) is 5.92. The van der Waals surface area contributed by atoms with Crippen LogP contribution in [0.25, 0.3) is 5.57 Å². The number of hydrogen-bond acceptors (Lipinski definition) is 1. The van der Waals surface area contributed by atoms with Gasteiger partial charge in [-0.1, -0.05) is 24.3 Å². The molecule has 1 nitrogen and oxygen atoms in total. The molecule has 2 rings (SSSR count). The van der Waals surface area contributed by atoms with E-state index in [9.17, 15) is 4.39 Å². The molecule has 0 unspecified atom stereocenters. The molecule has 0 spiro atoms. The van der Waals surface area contributed by atoms with Crippen molar-refractivity contribution in [3.63, 3.8) is 0 Å². The lowest BCUT2D eigenvalue weighted by Crippen LogP contribution is -2.16. The zero-order chi connectivity index (χ0) is 11.4. The van der Waals surface area contributed by atoms with Crippen molar-refractivity contribution < 1.29 is 4.39 Å². The predicted molar refractivity (Wildman–Crippen MR) is 65.7 cm³/mol. The van der Waals surface area contributed by atoms with Crippen LogP contribution in [0, 0.1) is 5.82 Å². The molecule has 0 bridgehead atoms. The van der Waals surface area contributed by atoms with Gasteiger partial charge in [-0.15, -0.1) is 0 Å². The molecule has 1 saturated carbocycles. The summed E-state index contributed by atoms with van der Waals surface area (Å²) >= 11 is 0. The van der Waals surface area contributed by atoms with Gasteiger partial charge < -0.3 is 5.32 Å². The molecular weight excluding hydrogens is 201 g/mol. The Morgan fingerprint density at radius 3 is 2.88 bits per heavy atom. The van der Waals surface area contributed by atoms with Crippen LogP contribution in [0.15, 0.2) is 30.3 Å². The van der Waals surface area contributed by atoms with Crippen LogP contribution in [-0.2, 0) is 0 Å². The molecule has 0 amide bonds. The summed E-state index contributed by atoms with van der Waals surface area (Å²) in [6, 6.07) is 7.69. The van der Waals surface area contributed by atoms with E-state index in [4.69, 9.17) is 0 Å². The summed E-state index contributed by atoms with van der Waals surface area (Å²) in [7, 11) is 0. The third kappa shape index (κ3) is 3.17. The highest BCUT2D eigenvalue weighted by Gasteiger charge is 2.19. The molecule has 1 aromatic rings. The lowest BCUT2D eigenvalue weighted by Gasteiger charge is -2.04. The van der Waals surface area contributed by atoms with Crippen LogP contribution >= 0.6 is 0 Å². The van der Waals surface area contributed by atoms with Crippen LogP contribution in [0.3, 0.4) is 0 Å². The van der Waals surface area contributed by atoms with Crippen LogP contribution < -0.4 is 5.32 Å². The van der Waals surface area contributed by atoms with E-state index < -0.39 is 0 Å². The maximum Gasteiger partial charge on any atom is 0.130 e. The monoisotopic (exact) mass is 219 g/mol. The molecule has 0 atom stereocenters. The topological polar surface area (TPSA) is 12.0 Å².